The minimum Gasteiger partial charge on any atom is -0.466 e. The average Bonchev–Trinajstić information content (AvgIpc) is 2.24. The molecule has 0 bridgehead atoms. The maximum atomic E-state index is 11.3. The first-order valence-corrected chi connectivity index (χ1v) is 6.50. The second-order valence-electron chi connectivity index (χ2n) is 2.99. The zero-order valence-electron chi connectivity index (χ0n) is 8.59. The molecular weight excluding hydrogens is 385 g/mol. The lowest BCUT2D eigenvalue weighted by Crippen LogP contribution is -2.09. The number of nitriles is 1. The molecule has 0 spiro atoms. The summed E-state index contributed by atoms with van der Waals surface area (Å²) >= 11 is 5.42. The third-order valence-electron chi connectivity index (χ3n) is 1.93. The van der Waals surface area contributed by atoms with Crippen molar-refractivity contribution in [3.63, 3.8) is 0 Å². The molecule has 0 fully saturated rings. The standard InChI is InChI=1S/C11H9BrINO2/c1-2-16-10(15)5-7-3-4-9(12)11(13)8(7)6-14/h3-4H,2,5H2,1H3. The van der Waals surface area contributed by atoms with Crippen molar-refractivity contribution >= 4 is 44.5 Å². The van der Waals surface area contributed by atoms with E-state index in [1.165, 1.54) is 0 Å². The van der Waals surface area contributed by atoms with E-state index < -0.39 is 0 Å². The molecule has 0 aliphatic heterocycles. The number of rotatable bonds is 3. The van der Waals surface area contributed by atoms with Gasteiger partial charge in [-0.05, 0) is 57.1 Å². The third kappa shape index (κ3) is 3.19. The van der Waals surface area contributed by atoms with Crippen LogP contribution in [0, 0.1) is 14.9 Å². The number of hydrogen-bond acceptors (Lipinski definition) is 3. The number of hydrogen-bond donors (Lipinski definition) is 0. The van der Waals surface area contributed by atoms with Crippen LogP contribution in [0.4, 0.5) is 0 Å². The Morgan fingerprint density at radius 1 is 1.62 bits per heavy atom. The number of halogens is 2. The zero-order valence-corrected chi connectivity index (χ0v) is 12.3. The molecule has 0 saturated carbocycles. The number of benzene rings is 1. The summed E-state index contributed by atoms with van der Waals surface area (Å²) in [4.78, 5) is 11.3. The second kappa shape index (κ2) is 6.21. The van der Waals surface area contributed by atoms with Gasteiger partial charge in [0, 0.05) is 8.04 Å². The summed E-state index contributed by atoms with van der Waals surface area (Å²) in [6, 6.07) is 5.70. The third-order valence-corrected chi connectivity index (χ3v) is 4.46. The molecule has 0 heterocycles. The topological polar surface area (TPSA) is 50.1 Å². The van der Waals surface area contributed by atoms with Gasteiger partial charge < -0.3 is 4.74 Å². The highest BCUT2D eigenvalue weighted by molar-refractivity contribution is 14.1. The summed E-state index contributed by atoms with van der Waals surface area (Å²) < 4.78 is 6.53. The van der Waals surface area contributed by atoms with Crippen LogP contribution in [0.25, 0.3) is 0 Å². The molecule has 0 radical (unpaired) electrons. The molecule has 1 aromatic carbocycles. The van der Waals surface area contributed by atoms with Gasteiger partial charge in [-0.2, -0.15) is 5.26 Å². The van der Waals surface area contributed by atoms with Crippen LogP contribution in [0.2, 0.25) is 0 Å². The van der Waals surface area contributed by atoms with Gasteiger partial charge in [-0.15, -0.1) is 0 Å². The summed E-state index contributed by atoms with van der Waals surface area (Å²) in [5, 5.41) is 9.04. The zero-order chi connectivity index (χ0) is 12.1. The van der Waals surface area contributed by atoms with Gasteiger partial charge in [-0.25, -0.2) is 0 Å². The summed E-state index contributed by atoms with van der Waals surface area (Å²) in [5.74, 6) is -0.308. The van der Waals surface area contributed by atoms with Gasteiger partial charge in [0.25, 0.3) is 0 Å². The highest BCUT2D eigenvalue weighted by atomic mass is 127. The van der Waals surface area contributed by atoms with Crippen molar-refractivity contribution in [3.8, 4) is 6.07 Å². The lowest BCUT2D eigenvalue weighted by molar-refractivity contribution is -0.142. The van der Waals surface area contributed by atoms with Gasteiger partial charge >= 0.3 is 5.97 Å². The quantitative estimate of drug-likeness (QED) is 0.585. The van der Waals surface area contributed by atoms with Crippen LogP contribution in [-0.4, -0.2) is 12.6 Å². The lowest BCUT2D eigenvalue weighted by Gasteiger charge is -2.06. The summed E-state index contributed by atoms with van der Waals surface area (Å²) in [6.07, 6.45) is 0.139. The van der Waals surface area contributed by atoms with Gasteiger partial charge in [0.1, 0.15) is 6.07 Å². The predicted molar refractivity (Wildman–Crippen MR) is 71.9 cm³/mol. The highest BCUT2D eigenvalue weighted by Crippen LogP contribution is 2.25. The largest absolute Gasteiger partial charge is 0.466 e. The summed E-state index contributed by atoms with van der Waals surface area (Å²) in [7, 11) is 0. The number of nitrogens with zero attached hydrogens (tertiary/aromatic N) is 1. The van der Waals surface area contributed by atoms with E-state index >= 15 is 0 Å². The Balaban J connectivity index is 3.02. The van der Waals surface area contributed by atoms with Gasteiger partial charge in [-0.3, -0.25) is 4.79 Å². The fourth-order valence-electron chi connectivity index (χ4n) is 1.23. The van der Waals surface area contributed by atoms with Crippen LogP contribution in [-0.2, 0) is 16.0 Å². The Hall–Kier alpha value is -0.610. The number of carbonyl (C=O) groups is 1. The number of esters is 1. The fraction of sp³-hybridized carbons (Fsp3) is 0.273. The van der Waals surface area contributed by atoms with Gasteiger partial charge in [0.05, 0.1) is 18.6 Å². The van der Waals surface area contributed by atoms with Crippen LogP contribution >= 0.6 is 38.5 Å². The van der Waals surface area contributed by atoms with Crippen molar-refractivity contribution in [2.45, 2.75) is 13.3 Å². The minimum atomic E-state index is -0.308. The summed E-state index contributed by atoms with van der Waals surface area (Å²) in [5.41, 5.74) is 1.23. The Morgan fingerprint density at radius 2 is 2.31 bits per heavy atom. The molecule has 0 saturated heterocycles. The van der Waals surface area contributed by atoms with Crippen LogP contribution in [0.15, 0.2) is 16.6 Å². The molecule has 16 heavy (non-hydrogen) atoms. The smallest absolute Gasteiger partial charge is 0.310 e. The van der Waals surface area contributed by atoms with Crippen LogP contribution in [0.5, 0.6) is 0 Å². The minimum absolute atomic E-state index is 0.139. The molecule has 0 N–H and O–H groups in total. The van der Waals surface area contributed by atoms with E-state index in [4.69, 9.17) is 10.00 Å². The molecule has 3 nitrogen and oxygen atoms in total. The molecule has 0 unspecified atom stereocenters. The molecule has 5 heteroatoms. The Labute approximate surface area is 116 Å². The summed E-state index contributed by atoms with van der Waals surface area (Å²) in [6.45, 7) is 2.11. The van der Waals surface area contributed by atoms with Crippen molar-refractivity contribution in [1.29, 1.82) is 5.26 Å². The average molecular weight is 394 g/mol. The van der Waals surface area contributed by atoms with E-state index in [-0.39, 0.29) is 12.4 Å². The van der Waals surface area contributed by atoms with E-state index in [1.807, 2.05) is 6.07 Å². The molecular formula is C11H9BrINO2. The van der Waals surface area contributed by atoms with Crippen molar-refractivity contribution in [2.24, 2.45) is 0 Å². The molecule has 0 atom stereocenters. The fourth-order valence-corrected chi connectivity index (χ4v) is 2.20. The van der Waals surface area contributed by atoms with Crippen molar-refractivity contribution in [1.82, 2.24) is 0 Å². The first-order chi connectivity index (χ1) is 7.60. The van der Waals surface area contributed by atoms with Gasteiger partial charge in [0.2, 0.25) is 0 Å². The Kier molecular flexibility index (Phi) is 5.22. The van der Waals surface area contributed by atoms with Crippen LogP contribution < -0.4 is 0 Å². The molecule has 84 valence electrons. The molecule has 0 aromatic heterocycles. The van der Waals surface area contributed by atoms with E-state index in [0.29, 0.717) is 17.7 Å². The van der Waals surface area contributed by atoms with E-state index in [2.05, 4.69) is 44.6 Å². The lowest BCUT2D eigenvalue weighted by atomic mass is 10.1. The molecule has 0 aliphatic carbocycles. The maximum Gasteiger partial charge on any atom is 0.310 e. The number of ether oxygens (including phenoxy) is 1. The van der Waals surface area contributed by atoms with Crippen LogP contribution in [0.1, 0.15) is 18.1 Å². The van der Waals surface area contributed by atoms with E-state index in [9.17, 15) is 4.79 Å². The first-order valence-electron chi connectivity index (χ1n) is 4.62. The Bertz CT molecular complexity index is 454. The normalized spacial score (nSPS) is 9.62. The molecule has 0 aliphatic rings. The first kappa shape index (κ1) is 13.5. The van der Waals surface area contributed by atoms with Gasteiger partial charge in [-0.1, -0.05) is 6.07 Å². The highest BCUT2D eigenvalue weighted by Gasteiger charge is 2.13. The van der Waals surface area contributed by atoms with E-state index in [0.717, 1.165) is 8.04 Å². The van der Waals surface area contributed by atoms with Crippen LogP contribution in [0.3, 0.4) is 0 Å². The maximum absolute atomic E-state index is 11.3. The SMILES string of the molecule is CCOC(=O)Cc1ccc(Br)c(I)c1C#N. The predicted octanol–water partition coefficient (Wildman–Crippen LogP) is 3.03. The molecule has 0 amide bonds. The number of carbonyl (C=O) groups excluding carboxylic acids is 1. The molecule has 1 rings (SSSR count). The second-order valence-corrected chi connectivity index (χ2v) is 4.92. The van der Waals surface area contributed by atoms with Crippen molar-refractivity contribution in [2.75, 3.05) is 6.61 Å². The molecule has 1 aromatic rings. The van der Waals surface area contributed by atoms with E-state index in [1.54, 1.807) is 13.0 Å². The van der Waals surface area contributed by atoms with Crippen molar-refractivity contribution in [3.05, 3.63) is 31.3 Å². The Morgan fingerprint density at radius 3 is 2.88 bits per heavy atom. The van der Waals surface area contributed by atoms with Gasteiger partial charge in [0.15, 0.2) is 0 Å². The monoisotopic (exact) mass is 393 g/mol. The van der Waals surface area contributed by atoms with Crippen molar-refractivity contribution < 1.29 is 9.53 Å².